The molecule has 0 bridgehead atoms. The van der Waals surface area contributed by atoms with Gasteiger partial charge in [0.15, 0.2) is 6.73 Å². The number of hydrogen-bond donors (Lipinski definition) is 0. The van der Waals surface area contributed by atoms with Crippen LogP contribution in [0.3, 0.4) is 0 Å². The van der Waals surface area contributed by atoms with Gasteiger partial charge in [-0.3, -0.25) is 28.6 Å². The van der Waals surface area contributed by atoms with E-state index in [2.05, 4.69) is 61.2 Å². The summed E-state index contributed by atoms with van der Waals surface area (Å²) in [4.78, 5) is 66.8. The van der Waals surface area contributed by atoms with Crippen LogP contribution in [0.25, 0.3) is 53.6 Å². The highest BCUT2D eigenvalue weighted by Crippen LogP contribution is 2.53. The molecule has 7 aromatic rings. The van der Waals surface area contributed by atoms with Crippen molar-refractivity contribution in [1.82, 2.24) is 28.2 Å². The number of thioether (sulfide) groups is 1. The number of imide groups is 1. The minimum Gasteiger partial charge on any atom is -0.446 e. The van der Waals surface area contributed by atoms with Crippen molar-refractivity contribution in [2.45, 2.75) is 90.3 Å². The van der Waals surface area contributed by atoms with Crippen molar-refractivity contribution < 1.29 is 19.1 Å². The Hall–Kier alpha value is -5.33. The van der Waals surface area contributed by atoms with Crippen LogP contribution in [0.2, 0.25) is 0 Å². The molecule has 326 valence electrons. The maximum absolute atomic E-state index is 13.7. The SMILES string of the molecule is CCCCCCCCN1C(=O)SC(=c2sc(=Cc3cnc(-c4ccc(-c5ncc(-c6ccc7c(c6)C6CCCC6N7c6ccc(C)cc6)s5)c5nsnc45)s3)c(=O)n2COC=O)C1=O. The van der Waals surface area contributed by atoms with Crippen LogP contribution in [-0.2, 0) is 21.1 Å². The molecule has 2 aliphatic heterocycles. The number of fused-ring (bicyclic) bond motifs is 4. The number of unbranched alkanes of at least 4 members (excludes halogenated alkanes) is 5. The van der Waals surface area contributed by atoms with Crippen molar-refractivity contribution in [2.75, 3.05) is 11.4 Å². The summed E-state index contributed by atoms with van der Waals surface area (Å²) in [6.07, 6.45) is 15.1. The average molecular weight is 946 g/mol. The summed E-state index contributed by atoms with van der Waals surface area (Å²) in [6, 6.07) is 20.3. The van der Waals surface area contributed by atoms with Crippen LogP contribution in [-0.4, -0.2) is 58.4 Å². The third-order valence-electron chi connectivity index (χ3n) is 12.2. The minimum atomic E-state index is -0.440. The molecule has 3 aliphatic rings. The fourth-order valence-corrected chi connectivity index (χ4v) is 13.7. The monoisotopic (exact) mass is 945 g/mol. The molecule has 1 saturated heterocycles. The van der Waals surface area contributed by atoms with Crippen molar-refractivity contribution >= 4 is 109 Å². The molecule has 12 nitrogen and oxygen atoms in total. The standard InChI is InChI=1S/C47H43N7O5S5/c1-3-4-5-6-7-8-20-52-45(57)41(63-47(52)58)46-53(25-59-26-55)44(56)37(62-46)22-30-23-48-42(60-30)32-17-18-33(40-39(32)50-64-51-40)43-49-24-38(61-43)28-14-19-36-34(21-28)31-10-9-11-35(31)54(36)29-15-12-27(2)13-16-29/h12-19,21-24,26,31,35H,3-11,20,25H2,1-2H3. The van der Waals surface area contributed by atoms with Gasteiger partial charge < -0.3 is 9.64 Å². The van der Waals surface area contributed by atoms with Crippen molar-refractivity contribution in [3.8, 4) is 31.6 Å². The van der Waals surface area contributed by atoms with E-state index in [1.807, 2.05) is 18.3 Å². The summed E-state index contributed by atoms with van der Waals surface area (Å²) in [6.45, 7) is 4.48. The highest BCUT2D eigenvalue weighted by Gasteiger charge is 2.42. The smallest absolute Gasteiger partial charge is 0.294 e. The predicted octanol–water partition coefficient (Wildman–Crippen LogP) is 10.0. The lowest BCUT2D eigenvalue weighted by molar-refractivity contribution is -0.132. The molecule has 4 aromatic heterocycles. The van der Waals surface area contributed by atoms with Crippen molar-refractivity contribution in [2.24, 2.45) is 0 Å². The van der Waals surface area contributed by atoms with Crippen LogP contribution in [0, 0.1) is 6.92 Å². The van der Waals surface area contributed by atoms with Gasteiger partial charge in [-0.05, 0) is 91.5 Å². The van der Waals surface area contributed by atoms with Gasteiger partial charge in [0, 0.05) is 58.3 Å². The maximum atomic E-state index is 13.7. The Morgan fingerprint density at radius 2 is 1.59 bits per heavy atom. The minimum absolute atomic E-state index is 0.155. The molecule has 17 heteroatoms. The van der Waals surface area contributed by atoms with E-state index in [0.29, 0.717) is 32.9 Å². The van der Waals surface area contributed by atoms with E-state index >= 15 is 0 Å². The number of thiazole rings is 3. The zero-order valence-electron chi connectivity index (χ0n) is 35.2. The van der Waals surface area contributed by atoms with Crippen LogP contribution < -0.4 is 19.7 Å². The molecule has 3 aromatic carbocycles. The maximum Gasteiger partial charge on any atom is 0.294 e. The number of aryl methyl sites for hydroxylation is 1. The van der Waals surface area contributed by atoms with Gasteiger partial charge in [0.05, 0.1) is 21.1 Å². The highest BCUT2D eigenvalue weighted by atomic mass is 32.2. The summed E-state index contributed by atoms with van der Waals surface area (Å²) >= 11 is 6.08. The number of aromatic nitrogens is 5. The van der Waals surface area contributed by atoms with Gasteiger partial charge in [-0.2, -0.15) is 8.75 Å². The summed E-state index contributed by atoms with van der Waals surface area (Å²) in [5, 5.41) is 1.19. The predicted molar refractivity (Wildman–Crippen MR) is 259 cm³/mol. The fraction of sp³-hybridized carbons (Fsp3) is 0.319. The van der Waals surface area contributed by atoms with Gasteiger partial charge >= 0.3 is 0 Å². The third-order valence-corrected chi connectivity index (χ3v) is 17.0. The lowest BCUT2D eigenvalue weighted by atomic mass is 9.96. The Morgan fingerprint density at radius 1 is 0.844 bits per heavy atom. The molecule has 0 radical (unpaired) electrons. The molecule has 2 atom stereocenters. The number of ether oxygens (including phenoxy) is 1. The van der Waals surface area contributed by atoms with Gasteiger partial charge in [0.25, 0.3) is 23.2 Å². The third kappa shape index (κ3) is 7.95. The first-order chi connectivity index (χ1) is 31.3. The molecule has 1 aliphatic carbocycles. The number of benzene rings is 3. The lowest BCUT2D eigenvalue weighted by Gasteiger charge is -2.27. The molecule has 6 heterocycles. The van der Waals surface area contributed by atoms with E-state index in [1.165, 1.54) is 74.6 Å². The molecular weight excluding hydrogens is 903 g/mol. The van der Waals surface area contributed by atoms with Crippen molar-refractivity contribution in [3.63, 3.8) is 0 Å². The van der Waals surface area contributed by atoms with Crippen LogP contribution in [0.1, 0.15) is 86.6 Å². The van der Waals surface area contributed by atoms with E-state index in [0.717, 1.165) is 99.0 Å². The van der Waals surface area contributed by atoms with E-state index in [4.69, 9.17) is 23.5 Å². The number of hydrogen-bond acceptors (Lipinski definition) is 15. The largest absolute Gasteiger partial charge is 0.446 e. The van der Waals surface area contributed by atoms with Gasteiger partial charge in [0.2, 0.25) is 0 Å². The second kappa shape index (κ2) is 18.3. The molecule has 2 unspecified atom stereocenters. The fourth-order valence-electron chi connectivity index (χ4n) is 9.08. The van der Waals surface area contributed by atoms with Gasteiger partial charge in [0.1, 0.15) is 30.6 Å². The molecule has 2 amide bonds. The normalized spacial score (nSPS) is 18.2. The first-order valence-electron chi connectivity index (χ1n) is 21.5. The number of carbonyl (C=O) groups excluding carboxylic acids is 3. The molecule has 64 heavy (non-hydrogen) atoms. The molecule has 0 spiro atoms. The summed E-state index contributed by atoms with van der Waals surface area (Å²) in [5.74, 6) is 0.0781. The Bertz CT molecular complexity index is 3110. The second-order valence-corrected chi connectivity index (χ2v) is 20.9. The molecule has 2 fully saturated rings. The number of nitrogens with zero attached hydrogens (tertiary/aromatic N) is 7. The zero-order chi connectivity index (χ0) is 43.9. The number of amides is 2. The second-order valence-electron chi connectivity index (χ2n) is 16.3. The summed E-state index contributed by atoms with van der Waals surface area (Å²) in [7, 11) is 0. The van der Waals surface area contributed by atoms with Crippen molar-refractivity contribution in [1.29, 1.82) is 0 Å². The van der Waals surface area contributed by atoms with Gasteiger partial charge in [-0.15, -0.1) is 34.0 Å². The van der Waals surface area contributed by atoms with Crippen molar-refractivity contribution in [3.05, 3.63) is 103 Å². The number of carbonyl (C=O) groups is 3. The highest BCUT2D eigenvalue weighted by molar-refractivity contribution is 8.23. The molecule has 10 rings (SSSR count). The van der Waals surface area contributed by atoms with Gasteiger partial charge in [-0.25, -0.2) is 9.97 Å². The van der Waals surface area contributed by atoms with E-state index in [1.54, 1.807) is 23.6 Å². The summed E-state index contributed by atoms with van der Waals surface area (Å²) < 4.78 is 16.2. The van der Waals surface area contributed by atoms with E-state index in [9.17, 15) is 19.2 Å². The quantitative estimate of drug-likeness (QED) is 0.0717. The Kier molecular flexibility index (Phi) is 12.2. The Balaban J connectivity index is 0.912. The molecular formula is C47H43N7O5S5. The Morgan fingerprint density at radius 3 is 2.38 bits per heavy atom. The first-order valence-corrected chi connectivity index (χ1v) is 25.5. The Labute approximate surface area is 389 Å². The first kappa shape index (κ1) is 42.6. The topological polar surface area (TPSA) is 140 Å². The van der Waals surface area contributed by atoms with Crippen LogP contribution >= 0.6 is 57.5 Å². The zero-order valence-corrected chi connectivity index (χ0v) is 39.2. The molecule has 1 saturated carbocycles. The van der Waals surface area contributed by atoms with E-state index in [-0.39, 0.29) is 28.0 Å². The van der Waals surface area contributed by atoms with Crippen LogP contribution in [0.15, 0.2) is 71.8 Å². The van der Waals surface area contributed by atoms with Gasteiger partial charge in [-0.1, -0.05) is 69.2 Å². The number of rotatable bonds is 15. The average Bonchev–Trinajstić information content (AvgIpc) is 4.18. The lowest BCUT2D eigenvalue weighted by Crippen LogP contribution is -2.34. The van der Waals surface area contributed by atoms with Crippen LogP contribution in [0.4, 0.5) is 16.2 Å². The summed E-state index contributed by atoms with van der Waals surface area (Å²) in [5.41, 5.74) is 9.17. The van der Waals surface area contributed by atoms with Crippen LogP contribution in [0.5, 0.6) is 0 Å². The number of anilines is 2. The van der Waals surface area contributed by atoms with E-state index < -0.39 is 11.5 Å². The molecule has 0 N–H and O–H groups in total.